The van der Waals surface area contributed by atoms with E-state index in [0.717, 1.165) is 43.4 Å². The molecule has 1 N–H and O–H groups in total. The van der Waals surface area contributed by atoms with Crippen LogP contribution in [0.1, 0.15) is 55.2 Å². The minimum absolute atomic E-state index is 0.171. The molecule has 2 saturated carbocycles. The first-order valence-corrected chi connectivity index (χ1v) is 10.7. The molecule has 0 aliphatic heterocycles. The van der Waals surface area contributed by atoms with Gasteiger partial charge in [0.25, 0.3) is 0 Å². The SMILES string of the molecule is N#Cc1ccc(OC2(c3ccccc3)CCC2)cc1.OC1(c2ccccc2)CCC1. The molecular formula is C27H27NO2. The molecule has 0 saturated heterocycles. The van der Waals surface area contributed by atoms with Crippen LogP contribution in [0, 0.1) is 11.3 Å². The fourth-order valence-corrected chi connectivity index (χ4v) is 4.06. The highest BCUT2D eigenvalue weighted by molar-refractivity contribution is 5.36. The van der Waals surface area contributed by atoms with Gasteiger partial charge in [-0.2, -0.15) is 5.26 Å². The van der Waals surface area contributed by atoms with Crippen LogP contribution in [-0.2, 0) is 11.2 Å². The molecule has 0 bridgehead atoms. The van der Waals surface area contributed by atoms with Crippen molar-refractivity contribution >= 4 is 0 Å². The Balaban J connectivity index is 0.000000168. The highest BCUT2D eigenvalue weighted by Crippen LogP contribution is 2.45. The van der Waals surface area contributed by atoms with Crippen molar-refractivity contribution in [3.8, 4) is 11.8 Å². The van der Waals surface area contributed by atoms with Gasteiger partial charge in [0.15, 0.2) is 0 Å². The number of hydrogen-bond acceptors (Lipinski definition) is 3. The van der Waals surface area contributed by atoms with Crippen molar-refractivity contribution in [2.75, 3.05) is 0 Å². The molecule has 3 aromatic carbocycles. The average molecular weight is 398 g/mol. The Labute approximate surface area is 178 Å². The Bertz CT molecular complexity index is 983. The maximum absolute atomic E-state index is 9.88. The molecule has 0 heterocycles. The lowest BCUT2D eigenvalue weighted by Gasteiger charge is -2.42. The third-order valence-electron chi connectivity index (χ3n) is 6.25. The van der Waals surface area contributed by atoms with Gasteiger partial charge in [0.05, 0.1) is 17.2 Å². The largest absolute Gasteiger partial charge is 0.483 e. The summed E-state index contributed by atoms with van der Waals surface area (Å²) >= 11 is 0. The Hall–Kier alpha value is -3.09. The number of nitriles is 1. The Morgan fingerprint density at radius 2 is 1.23 bits per heavy atom. The van der Waals surface area contributed by atoms with Gasteiger partial charge in [-0.3, -0.25) is 0 Å². The van der Waals surface area contributed by atoms with E-state index in [1.54, 1.807) is 12.1 Å². The Morgan fingerprint density at radius 1 is 0.700 bits per heavy atom. The number of benzene rings is 3. The molecule has 0 amide bonds. The van der Waals surface area contributed by atoms with Gasteiger partial charge in [0.2, 0.25) is 0 Å². The van der Waals surface area contributed by atoms with E-state index in [9.17, 15) is 5.11 Å². The van der Waals surface area contributed by atoms with Gasteiger partial charge in [-0.25, -0.2) is 0 Å². The second-order valence-corrected chi connectivity index (χ2v) is 8.20. The van der Waals surface area contributed by atoms with Gasteiger partial charge in [-0.15, -0.1) is 0 Å². The van der Waals surface area contributed by atoms with E-state index in [4.69, 9.17) is 10.00 Å². The van der Waals surface area contributed by atoms with Crippen molar-refractivity contribution in [3.63, 3.8) is 0 Å². The zero-order chi connectivity index (χ0) is 20.9. The minimum atomic E-state index is -0.485. The topological polar surface area (TPSA) is 53.2 Å². The maximum Gasteiger partial charge on any atom is 0.134 e. The van der Waals surface area contributed by atoms with E-state index in [1.807, 2.05) is 48.5 Å². The van der Waals surface area contributed by atoms with Crippen LogP contribution in [0.2, 0.25) is 0 Å². The van der Waals surface area contributed by atoms with E-state index in [1.165, 1.54) is 12.0 Å². The molecule has 0 radical (unpaired) electrons. The Morgan fingerprint density at radius 3 is 1.67 bits per heavy atom. The number of hydrogen-bond donors (Lipinski definition) is 1. The summed E-state index contributed by atoms with van der Waals surface area (Å²) in [7, 11) is 0. The molecule has 5 rings (SSSR count). The number of aliphatic hydroxyl groups is 1. The molecule has 3 heteroatoms. The molecule has 3 aromatic rings. The van der Waals surface area contributed by atoms with Gasteiger partial charge in [0.1, 0.15) is 11.4 Å². The molecule has 3 nitrogen and oxygen atoms in total. The predicted octanol–water partition coefficient (Wildman–Crippen LogP) is 6.07. The van der Waals surface area contributed by atoms with Gasteiger partial charge in [-0.05, 0) is 73.9 Å². The molecule has 0 aromatic heterocycles. The fourth-order valence-electron chi connectivity index (χ4n) is 4.06. The molecule has 30 heavy (non-hydrogen) atoms. The quantitative estimate of drug-likeness (QED) is 0.581. The van der Waals surface area contributed by atoms with Crippen LogP contribution >= 0.6 is 0 Å². The third-order valence-corrected chi connectivity index (χ3v) is 6.25. The van der Waals surface area contributed by atoms with Crippen molar-refractivity contribution in [1.29, 1.82) is 5.26 Å². The van der Waals surface area contributed by atoms with Crippen molar-refractivity contribution in [3.05, 3.63) is 102 Å². The van der Waals surface area contributed by atoms with E-state index < -0.39 is 5.60 Å². The smallest absolute Gasteiger partial charge is 0.134 e. The normalized spacial score (nSPS) is 17.9. The summed E-state index contributed by atoms with van der Waals surface area (Å²) in [4.78, 5) is 0. The highest BCUT2D eigenvalue weighted by atomic mass is 16.5. The fraction of sp³-hybridized carbons (Fsp3) is 0.296. The lowest BCUT2D eigenvalue weighted by molar-refractivity contribution is -0.0387. The maximum atomic E-state index is 9.88. The van der Waals surface area contributed by atoms with Crippen LogP contribution in [-0.4, -0.2) is 5.11 Å². The molecule has 2 aliphatic rings. The summed E-state index contributed by atoms with van der Waals surface area (Å²) in [6.07, 6.45) is 6.32. The van der Waals surface area contributed by atoms with E-state index in [0.29, 0.717) is 5.56 Å². The van der Waals surface area contributed by atoms with Gasteiger partial charge in [0, 0.05) is 0 Å². The van der Waals surface area contributed by atoms with Crippen molar-refractivity contribution in [2.24, 2.45) is 0 Å². The number of rotatable bonds is 4. The lowest BCUT2D eigenvalue weighted by atomic mass is 9.75. The lowest BCUT2D eigenvalue weighted by Crippen LogP contribution is -2.40. The first kappa shape index (κ1) is 20.2. The standard InChI is InChI=1S/C17H15NO.C10H12O/c18-13-14-7-9-16(10-8-14)19-17(11-4-12-17)15-5-2-1-3-6-15;11-10(7-4-8-10)9-5-2-1-3-6-9/h1-3,5-10H,4,11-12H2;1-3,5-6,11H,4,7-8H2. The first-order chi connectivity index (χ1) is 14.6. The molecule has 2 fully saturated rings. The molecule has 0 atom stereocenters. The predicted molar refractivity (Wildman–Crippen MR) is 118 cm³/mol. The minimum Gasteiger partial charge on any atom is -0.483 e. The number of nitrogens with zero attached hydrogens (tertiary/aromatic N) is 1. The number of ether oxygens (including phenoxy) is 1. The summed E-state index contributed by atoms with van der Waals surface area (Å²) in [5.74, 6) is 0.836. The Kier molecular flexibility index (Phi) is 5.88. The molecule has 0 spiro atoms. The summed E-state index contributed by atoms with van der Waals surface area (Å²) in [5.41, 5.74) is 2.32. The van der Waals surface area contributed by atoms with Crippen LogP contribution in [0.3, 0.4) is 0 Å². The van der Waals surface area contributed by atoms with Crippen molar-refractivity contribution in [1.82, 2.24) is 0 Å². The molecule has 0 unspecified atom stereocenters. The second-order valence-electron chi connectivity index (χ2n) is 8.20. The van der Waals surface area contributed by atoms with Crippen LogP contribution in [0.15, 0.2) is 84.9 Å². The molecule has 152 valence electrons. The van der Waals surface area contributed by atoms with Gasteiger partial charge < -0.3 is 9.84 Å². The second kappa shape index (κ2) is 8.73. The summed E-state index contributed by atoms with van der Waals surface area (Å²) in [6.45, 7) is 0. The van der Waals surface area contributed by atoms with Crippen molar-refractivity contribution < 1.29 is 9.84 Å². The van der Waals surface area contributed by atoms with Crippen molar-refractivity contribution in [2.45, 2.75) is 49.7 Å². The van der Waals surface area contributed by atoms with Crippen LogP contribution in [0.4, 0.5) is 0 Å². The van der Waals surface area contributed by atoms with Crippen LogP contribution < -0.4 is 4.74 Å². The zero-order valence-corrected chi connectivity index (χ0v) is 17.1. The summed E-state index contributed by atoms with van der Waals surface area (Å²) in [5, 5.41) is 18.7. The summed E-state index contributed by atoms with van der Waals surface area (Å²) < 4.78 is 6.21. The van der Waals surface area contributed by atoms with Gasteiger partial charge >= 0.3 is 0 Å². The molecular weight excluding hydrogens is 370 g/mol. The van der Waals surface area contributed by atoms with Crippen LogP contribution in [0.25, 0.3) is 0 Å². The molecule has 2 aliphatic carbocycles. The van der Waals surface area contributed by atoms with Crippen LogP contribution in [0.5, 0.6) is 5.75 Å². The first-order valence-electron chi connectivity index (χ1n) is 10.7. The third kappa shape index (κ3) is 4.25. The highest BCUT2D eigenvalue weighted by Gasteiger charge is 2.41. The zero-order valence-electron chi connectivity index (χ0n) is 17.1. The monoisotopic (exact) mass is 397 g/mol. The summed E-state index contributed by atoms with van der Waals surface area (Å²) in [6, 6.07) is 29.8. The van der Waals surface area contributed by atoms with E-state index >= 15 is 0 Å². The van der Waals surface area contributed by atoms with E-state index in [2.05, 4.69) is 30.3 Å². The van der Waals surface area contributed by atoms with E-state index in [-0.39, 0.29) is 5.60 Å². The average Bonchev–Trinajstić information content (AvgIpc) is 2.77. The van der Waals surface area contributed by atoms with Gasteiger partial charge in [-0.1, -0.05) is 60.7 Å².